The summed E-state index contributed by atoms with van der Waals surface area (Å²) in [5, 5.41) is 12.2. The molecule has 1 aliphatic rings. The fraction of sp³-hybridized carbons (Fsp3) is 0.409. The number of hydrogen-bond donors (Lipinski definition) is 2. The Morgan fingerprint density at radius 3 is 2.06 bits per heavy atom. The normalized spacial score (nSPS) is 20.1. The van der Waals surface area contributed by atoms with Crippen molar-refractivity contribution in [2.24, 2.45) is 0 Å². The largest absolute Gasteiger partial charge is 0.430 e. The third kappa shape index (κ3) is 4.75. The lowest BCUT2D eigenvalue weighted by Gasteiger charge is -2.34. The van der Waals surface area contributed by atoms with Gasteiger partial charge in [-0.1, -0.05) is 24.3 Å². The number of urea groups is 1. The minimum Gasteiger partial charge on any atom is -0.369 e. The lowest BCUT2D eigenvalue weighted by molar-refractivity contribution is -0.376. The molecule has 2 unspecified atom stereocenters. The van der Waals surface area contributed by atoms with Gasteiger partial charge in [0.25, 0.3) is 5.60 Å². The van der Waals surface area contributed by atoms with Gasteiger partial charge in [-0.3, -0.25) is 4.21 Å². The van der Waals surface area contributed by atoms with E-state index in [2.05, 4.69) is 5.32 Å². The number of rotatable bonds is 5. The fourth-order valence-electron chi connectivity index (χ4n) is 4.00. The highest BCUT2D eigenvalue weighted by Gasteiger charge is 2.71. The molecule has 2 aromatic carbocycles. The van der Waals surface area contributed by atoms with E-state index in [1.807, 2.05) is 0 Å². The summed E-state index contributed by atoms with van der Waals surface area (Å²) < 4.78 is 105. The molecule has 0 aliphatic carbocycles. The van der Waals surface area contributed by atoms with Crippen molar-refractivity contribution in [3.05, 3.63) is 65.5 Å². The van der Waals surface area contributed by atoms with Crippen LogP contribution in [0.3, 0.4) is 0 Å². The van der Waals surface area contributed by atoms with Gasteiger partial charge in [-0.15, -0.1) is 0 Å². The molecule has 2 atom stereocenters. The number of hydrogen-bond acceptors (Lipinski definition) is 3. The van der Waals surface area contributed by atoms with Crippen molar-refractivity contribution in [2.45, 2.75) is 40.9 Å². The molecule has 0 aromatic heterocycles. The molecule has 2 N–H and O–H groups in total. The molecule has 0 saturated carbocycles. The van der Waals surface area contributed by atoms with Crippen LogP contribution in [0, 0.1) is 5.82 Å². The molecule has 0 spiro atoms. The number of carbonyl (C=O) groups excluding carboxylic acids is 1. The number of halogens is 7. The smallest absolute Gasteiger partial charge is 0.369 e. The molecular weight excluding hydrogens is 505 g/mol. The molecule has 1 fully saturated rings. The van der Waals surface area contributed by atoms with Crippen LogP contribution in [-0.4, -0.2) is 52.2 Å². The van der Waals surface area contributed by atoms with Gasteiger partial charge in [0.05, 0.1) is 15.5 Å². The number of nitrogens with one attached hydrogen (secondary N) is 1. The molecule has 3 rings (SSSR count). The Balaban J connectivity index is 2.09. The average molecular weight is 526 g/mol. The lowest BCUT2D eigenvalue weighted by atomic mass is 9.89. The minimum absolute atomic E-state index is 0.0658. The Bertz CT molecular complexity index is 1070. The first kappa shape index (κ1) is 26.9. The highest BCUT2D eigenvalue weighted by molar-refractivity contribution is 7.86. The van der Waals surface area contributed by atoms with E-state index in [0.717, 1.165) is 24.3 Å². The highest BCUT2D eigenvalue weighted by Crippen LogP contribution is 2.50. The molecule has 1 aliphatic heterocycles. The first-order chi connectivity index (χ1) is 16.2. The maximum absolute atomic E-state index is 13.6. The molecule has 192 valence electrons. The summed E-state index contributed by atoms with van der Waals surface area (Å²) in [5.41, 5.74) is -6.46. The Hall–Kier alpha value is -2.67. The zero-order valence-electron chi connectivity index (χ0n) is 18.2. The molecule has 2 aromatic rings. The zero-order chi connectivity index (χ0) is 26.2. The second kappa shape index (κ2) is 9.41. The minimum atomic E-state index is -6.05. The van der Waals surface area contributed by atoms with Crippen LogP contribution in [0.15, 0.2) is 53.4 Å². The van der Waals surface area contributed by atoms with Gasteiger partial charge in [0.15, 0.2) is 0 Å². The van der Waals surface area contributed by atoms with Crippen molar-refractivity contribution in [1.29, 1.82) is 0 Å². The van der Waals surface area contributed by atoms with Crippen LogP contribution >= 0.6 is 0 Å². The van der Waals surface area contributed by atoms with Gasteiger partial charge >= 0.3 is 18.4 Å². The van der Waals surface area contributed by atoms with Crippen LogP contribution in [-0.2, 0) is 21.1 Å². The maximum Gasteiger partial charge on any atom is 0.430 e. The number of benzene rings is 2. The Morgan fingerprint density at radius 2 is 1.57 bits per heavy atom. The molecule has 0 bridgehead atoms. The standard InChI is InChI=1S/C22H21F7N2O3S/c1-2-30-18(32)31-12-11-19(13-31,35(34)17-9-7-16(23)8-10-17)14-3-5-15(6-4-14)20(33,21(24,25)26)22(27,28)29/h3-10,33H,2,11-13H2,1H3,(H,30,32). The Morgan fingerprint density at radius 1 is 1.03 bits per heavy atom. The summed E-state index contributed by atoms with van der Waals surface area (Å²) in [6.07, 6.45) is -12.0. The molecular formula is C22H21F7N2O3S. The van der Waals surface area contributed by atoms with Gasteiger partial charge in [-0.05, 0) is 43.2 Å². The van der Waals surface area contributed by atoms with E-state index in [1.165, 1.54) is 17.0 Å². The first-order valence-corrected chi connectivity index (χ1v) is 11.5. The van der Waals surface area contributed by atoms with Gasteiger partial charge in [-0.2, -0.15) is 26.3 Å². The maximum atomic E-state index is 13.6. The second-order valence-corrected chi connectivity index (χ2v) is 9.80. The third-order valence-electron chi connectivity index (χ3n) is 5.88. The zero-order valence-corrected chi connectivity index (χ0v) is 19.0. The van der Waals surface area contributed by atoms with Crippen LogP contribution in [0.2, 0.25) is 0 Å². The van der Waals surface area contributed by atoms with Gasteiger partial charge in [0, 0.05) is 30.1 Å². The van der Waals surface area contributed by atoms with Crippen LogP contribution in [0.1, 0.15) is 24.5 Å². The van der Waals surface area contributed by atoms with Crippen molar-refractivity contribution in [3.63, 3.8) is 0 Å². The molecule has 2 amide bonds. The topological polar surface area (TPSA) is 69.6 Å². The van der Waals surface area contributed by atoms with Crippen molar-refractivity contribution < 1.29 is 44.8 Å². The number of carbonyl (C=O) groups is 1. The van der Waals surface area contributed by atoms with Crippen molar-refractivity contribution in [1.82, 2.24) is 10.2 Å². The second-order valence-electron chi connectivity index (χ2n) is 8.01. The SMILES string of the molecule is CCNC(=O)N1CCC(c2ccc(C(O)(C(F)(F)F)C(F)(F)F)cc2)(S(=O)c2ccc(F)cc2)C1. The number of alkyl halides is 6. The molecule has 13 heteroatoms. The summed E-state index contributed by atoms with van der Waals surface area (Å²) in [6, 6.07) is 6.97. The van der Waals surface area contributed by atoms with Crippen LogP contribution in [0.25, 0.3) is 0 Å². The fourth-order valence-corrected chi connectivity index (χ4v) is 5.73. The van der Waals surface area contributed by atoms with E-state index in [1.54, 1.807) is 6.92 Å². The number of amides is 2. The molecule has 5 nitrogen and oxygen atoms in total. The molecule has 1 saturated heterocycles. The summed E-state index contributed by atoms with van der Waals surface area (Å²) in [7, 11) is -1.97. The van der Waals surface area contributed by atoms with Crippen molar-refractivity contribution in [3.8, 4) is 0 Å². The van der Waals surface area contributed by atoms with Crippen LogP contribution in [0.4, 0.5) is 35.5 Å². The summed E-state index contributed by atoms with van der Waals surface area (Å²) in [6.45, 7) is 1.92. The third-order valence-corrected chi connectivity index (χ3v) is 7.86. The summed E-state index contributed by atoms with van der Waals surface area (Å²) in [5.74, 6) is -0.599. The van der Waals surface area contributed by atoms with E-state index in [-0.39, 0.29) is 30.0 Å². The first-order valence-electron chi connectivity index (χ1n) is 10.3. The van der Waals surface area contributed by atoms with Crippen LogP contribution < -0.4 is 5.32 Å². The van der Waals surface area contributed by atoms with E-state index < -0.39 is 50.9 Å². The molecule has 1 heterocycles. The van der Waals surface area contributed by atoms with E-state index in [9.17, 15) is 44.8 Å². The molecule has 35 heavy (non-hydrogen) atoms. The predicted molar refractivity (Wildman–Crippen MR) is 112 cm³/mol. The van der Waals surface area contributed by atoms with E-state index in [0.29, 0.717) is 18.7 Å². The van der Waals surface area contributed by atoms with Gasteiger partial charge < -0.3 is 15.3 Å². The van der Waals surface area contributed by atoms with E-state index in [4.69, 9.17) is 0 Å². The van der Waals surface area contributed by atoms with Gasteiger partial charge in [-0.25, -0.2) is 9.18 Å². The van der Waals surface area contributed by atoms with Gasteiger partial charge in [0.1, 0.15) is 5.82 Å². The predicted octanol–water partition coefficient (Wildman–Crippen LogP) is 4.58. The number of nitrogens with zero attached hydrogens (tertiary/aromatic N) is 1. The van der Waals surface area contributed by atoms with Crippen molar-refractivity contribution >= 4 is 16.8 Å². The Labute approximate surface area is 198 Å². The summed E-state index contributed by atoms with van der Waals surface area (Å²) in [4.78, 5) is 13.9. The highest BCUT2D eigenvalue weighted by atomic mass is 32.2. The summed E-state index contributed by atoms with van der Waals surface area (Å²) >= 11 is 0. The van der Waals surface area contributed by atoms with Crippen LogP contribution in [0.5, 0.6) is 0 Å². The number of aliphatic hydroxyl groups is 1. The van der Waals surface area contributed by atoms with Crippen molar-refractivity contribution in [2.75, 3.05) is 19.6 Å². The molecule has 0 radical (unpaired) electrons. The number of likely N-dealkylation sites (tertiary alicyclic amines) is 1. The quantitative estimate of drug-likeness (QED) is 0.561. The van der Waals surface area contributed by atoms with E-state index >= 15 is 0 Å². The average Bonchev–Trinajstić information content (AvgIpc) is 3.24. The monoisotopic (exact) mass is 526 g/mol. The lowest BCUT2D eigenvalue weighted by Crippen LogP contribution is -2.53. The Kier molecular flexibility index (Phi) is 7.24. The van der Waals surface area contributed by atoms with Gasteiger partial charge in [0.2, 0.25) is 0 Å².